The van der Waals surface area contributed by atoms with Crippen LogP contribution in [-0.2, 0) is 13.5 Å². The highest BCUT2D eigenvalue weighted by atomic mass is 16.2. The summed E-state index contributed by atoms with van der Waals surface area (Å²) in [6.45, 7) is 15.1. The molecule has 0 bridgehead atoms. The van der Waals surface area contributed by atoms with Gasteiger partial charge in [-0.15, -0.1) is 0 Å². The lowest BCUT2D eigenvalue weighted by Gasteiger charge is -2.24. The molecule has 0 aliphatic heterocycles. The molecule has 1 N–H and O–H groups in total. The van der Waals surface area contributed by atoms with E-state index in [1.807, 2.05) is 39.4 Å². The Balaban J connectivity index is 2.66. The molecular formula is C16H28N4O. The number of aromatic nitrogens is 2. The lowest BCUT2D eigenvalue weighted by molar-refractivity contribution is 0.201. The molecule has 21 heavy (non-hydrogen) atoms. The minimum Gasteiger partial charge on any atom is -0.335 e. The van der Waals surface area contributed by atoms with Gasteiger partial charge in [-0.1, -0.05) is 12.2 Å². The maximum atomic E-state index is 12.2. The molecule has 2 amide bonds. The molecule has 1 aromatic heterocycles. The van der Waals surface area contributed by atoms with Crippen LogP contribution >= 0.6 is 0 Å². The minimum atomic E-state index is -0.0350. The molecule has 0 saturated heterocycles. The topological polar surface area (TPSA) is 50.2 Å². The van der Waals surface area contributed by atoms with Crippen molar-refractivity contribution in [3.05, 3.63) is 29.1 Å². The zero-order chi connectivity index (χ0) is 16.2. The molecule has 0 unspecified atom stereocenters. The van der Waals surface area contributed by atoms with Gasteiger partial charge in [0.15, 0.2) is 0 Å². The van der Waals surface area contributed by atoms with Gasteiger partial charge in [-0.3, -0.25) is 4.68 Å². The highest BCUT2D eigenvalue weighted by Crippen LogP contribution is 2.14. The van der Waals surface area contributed by atoms with E-state index in [2.05, 4.69) is 23.9 Å². The fourth-order valence-corrected chi connectivity index (χ4v) is 2.43. The Kier molecular flexibility index (Phi) is 6.00. The van der Waals surface area contributed by atoms with Gasteiger partial charge in [0.25, 0.3) is 0 Å². The number of aryl methyl sites for hydroxylation is 2. The van der Waals surface area contributed by atoms with Crippen molar-refractivity contribution in [1.29, 1.82) is 0 Å². The summed E-state index contributed by atoms with van der Waals surface area (Å²) in [4.78, 5) is 14.0. The van der Waals surface area contributed by atoms with Crippen molar-refractivity contribution in [2.75, 3.05) is 13.1 Å². The van der Waals surface area contributed by atoms with Crippen LogP contribution in [0, 0.1) is 13.8 Å². The van der Waals surface area contributed by atoms with Gasteiger partial charge in [0.05, 0.1) is 5.69 Å². The van der Waals surface area contributed by atoms with Gasteiger partial charge >= 0.3 is 6.03 Å². The van der Waals surface area contributed by atoms with E-state index in [0.717, 1.165) is 23.4 Å². The van der Waals surface area contributed by atoms with Gasteiger partial charge < -0.3 is 10.2 Å². The first-order valence-corrected chi connectivity index (χ1v) is 7.45. The Morgan fingerprint density at radius 3 is 2.52 bits per heavy atom. The SMILES string of the molecule is C=C(C)CN(CC)C(=O)N[C@@H](C)Cc1c(C)nn(C)c1C. The smallest absolute Gasteiger partial charge is 0.317 e. The number of carbonyl (C=O) groups excluding carboxylic acids is 1. The maximum absolute atomic E-state index is 12.2. The highest BCUT2D eigenvalue weighted by molar-refractivity contribution is 5.74. The van der Waals surface area contributed by atoms with Gasteiger partial charge in [0.2, 0.25) is 0 Å². The quantitative estimate of drug-likeness (QED) is 0.819. The Bertz CT molecular complexity index is 519. The number of nitrogens with one attached hydrogen (secondary N) is 1. The van der Waals surface area contributed by atoms with E-state index in [1.54, 1.807) is 4.90 Å². The number of amides is 2. The fourth-order valence-electron chi connectivity index (χ4n) is 2.43. The summed E-state index contributed by atoms with van der Waals surface area (Å²) in [5.41, 5.74) is 4.39. The average Bonchev–Trinajstić information content (AvgIpc) is 2.62. The third kappa shape index (κ3) is 4.62. The van der Waals surface area contributed by atoms with Crippen LogP contribution in [0.3, 0.4) is 0 Å². The summed E-state index contributed by atoms with van der Waals surface area (Å²) in [6.07, 6.45) is 0.794. The first-order valence-electron chi connectivity index (χ1n) is 7.45. The molecular weight excluding hydrogens is 264 g/mol. The zero-order valence-corrected chi connectivity index (χ0v) is 14.2. The molecule has 0 saturated carbocycles. The van der Waals surface area contributed by atoms with E-state index in [-0.39, 0.29) is 12.1 Å². The Labute approximate surface area is 128 Å². The van der Waals surface area contributed by atoms with Crippen molar-refractivity contribution in [3.63, 3.8) is 0 Å². The molecule has 1 rings (SSSR count). The van der Waals surface area contributed by atoms with E-state index in [9.17, 15) is 4.79 Å². The van der Waals surface area contributed by atoms with Crippen LogP contribution < -0.4 is 5.32 Å². The van der Waals surface area contributed by atoms with Crippen LogP contribution in [0.2, 0.25) is 0 Å². The van der Waals surface area contributed by atoms with Gasteiger partial charge in [-0.2, -0.15) is 5.10 Å². The molecule has 0 fully saturated rings. The number of hydrogen-bond acceptors (Lipinski definition) is 2. The normalized spacial score (nSPS) is 12.1. The number of carbonyl (C=O) groups is 1. The van der Waals surface area contributed by atoms with Crippen LogP contribution in [0.15, 0.2) is 12.2 Å². The molecule has 1 atom stereocenters. The van der Waals surface area contributed by atoms with Crippen molar-refractivity contribution in [2.45, 2.75) is 47.1 Å². The van der Waals surface area contributed by atoms with Gasteiger partial charge in [0.1, 0.15) is 0 Å². The summed E-state index contributed by atoms with van der Waals surface area (Å²) in [5, 5.41) is 7.47. The molecule has 0 aromatic carbocycles. The van der Waals surface area contributed by atoms with E-state index in [0.29, 0.717) is 13.1 Å². The fraction of sp³-hybridized carbons (Fsp3) is 0.625. The molecule has 1 heterocycles. The summed E-state index contributed by atoms with van der Waals surface area (Å²) in [5.74, 6) is 0. The number of rotatable bonds is 6. The first kappa shape index (κ1) is 17.3. The summed E-state index contributed by atoms with van der Waals surface area (Å²) < 4.78 is 1.89. The summed E-state index contributed by atoms with van der Waals surface area (Å²) in [7, 11) is 1.95. The average molecular weight is 292 g/mol. The number of likely N-dealkylation sites (N-methyl/N-ethyl adjacent to an activating group) is 1. The Hall–Kier alpha value is -1.78. The number of hydrogen-bond donors (Lipinski definition) is 1. The van der Waals surface area contributed by atoms with Crippen LogP contribution in [0.5, 0.6) is 0 Å². The van der Waals surface area contributed by atoms with E-state index < -0.39 is 0 Å². The Morgan fingerprint density at radius 1 is 1.48 bits per heavy atom. The van der Waals surface area contributed by atoms with E-state index >= 15 is 0 Å². The predicted molar refractivity (Wildman–Crippen MR) is 86.4 cm³/mol. The van der Waals surface area contributed by atoms with Crippen LogP contribution in [0.1, 0.15) is 37.7 Å². The second-order valence-corrected chi connectivity index (χ2v) is 5.80. The molecule has 1 aromatic rings. The van der Waals surface area contributed by atoms with E-state index in [4.69, 9.17) is 0 Å². The molecule has 5 nitrogen and oxygen atoms in total. The van der Waals surface area contributed by atoms with Gasteiger partial charge in [-0.05, 0) is 46.6 Å². The van der Waals surface area contributed by atoms with E-state index in [1.165, 1.54) is 5.56 Å². The number of urea groups is 1. The van der Waals surface area contributed by atoms with Crippen LogP contribution in [-0.4, -0.2) is 39.8 Å². The molecule has 0 aliphatic carbocycles. The standard InChI is InChI=1S/C16H28N4O/c1-8-20(10-11(2)3)16(21)17-12(4)9-15-13(5)18-19(7)14(15)6/h12H,2,8-10H2,1,3-7H3,(H,17,21)/t12-/m0/s1. The Morgan fingerprint density at radius 2 is 2.10 bits per heavy atom. The van der Waals surface area contributed by atoms with Crippen molar-refractivity contribution in [2.24, 2.45) is 7.05 Å². The van der Waals surface area contributed by atoms with Crippen molar-refractivity contribution in [3.8, 4) is 0 Å². The van der Waals surface area contributed by atoms with Crippen LogP contribution in [0.4, 0.5) is 4.79 Å². The largest absolute Gasteiger partial charge is 0.335 e. The van der Waals surface area contributed by atoms with Gasteiger partial charge in [0, 0.05) is 31.9 Å². The van der Waals surface area contributed by atoms with Crippen LogP contribution in [0.25, 0.3) is 0 Å². The third-order valence-electron chi connectivity index (χ3n) is 3.67. The van der Waals surface area contributed by atoms with Crippen molar-refractivity contribution >= 4 is 6.03 Å². The van der Waals surface area contributed by atoms with Crippen molar-refractivity contribution < 1.29 is 4.79 Å². The molecule has 5 heteroatoms. The zero-order valence-electron chi connectivity index (χ0n) is 14.2. The van der Waals surface area contributed by atoms with Gasteiger partial charge in [-0.25, -0.2) is 4.79 Å². The molecule has 0 radical (unpaired) electrons. The maximum Gasteiger partial charge on any atom is 0.317 e. The monoisotopic (exact) mass is 292 g/mol. The first-order chi connectivity index (χ1) is 9.76. The minimum absolute atomic E-state index is 0.0350. The number of nitrogens with zero attached hydrogens (tertiary/aromatic N) is 3. The third-order valence-corrected chi connectivity index (χ3v) is 3.67. The summed E-state index contributed by atoms with van der Waals surface area (Å²) in [6, 6.07) is 0.0328. The summed E-state index contributed by atoms with van der Waals surface area (Å²) >= 11 is 0. The molecule has 0 aliphatic rings. The second-order valence-electron chi connectivity index (χ2n) is 5.80. The lowest BCUT2D eigenvalue weighted by Crippen LogP contribution is -2.45. The lowest BCUT2D eigenvalue weighted by atomic mass is 10.1. The molecule has 118 valence electrons. The highest BCUT2D eigenvalue weighted by Gasteiger charge is 2.17. The second kappa shape index (κ2) is 7.29. The van der Waals surface area contributed by atoms with Crippen molar-refractivity contribution in [1.82, 2.24) is 20.0 Å². The predicted octanol–water partition coefficient (Wildman–Crippen LogP) is 2.58. The molecule has 0 spiro atoms.